The van der Waals surface area contributed by atoms with Gasteiger partial charge in [-0.15, -0.1) is 0 Å². The third-order valence-electron chi connectivity index (χ3n) is 5.42. The van der Waals surface area contributed by atoms with Gasteiger partial charge in [0.15, 0.2) is 12.8 Å². The van der Waals surface area contributed by atoms with Gasteiger partial charge < -0.3 is 15.0 Å². The topological polar surface area (TPSA) is 45.4 Å². The van der Waals surface area contributed by atoms with Crippen LogP contribution in [0.4, 0.5) is 24.7 Å². The Morgan fingerprint density at radius 1 is 0.875 bits per heavy atom. The van der Waals surface area contributed by atoms with Gasteiger partial charge in [0.25, 0.3) is 0 Å². The molecule has 32 heavy (non-hydrogen) atoms. The van der Waals surface area contributed by atoms with Gasteiger partial charge >= 0.3 is 6.18 Å². The molecule has 2 heterocycles. The van der Waals surface area contributed by atoms with E-state index in [-0.39, 0.29) is 6.54 Å². The molecule has 4 rings (SSSR count). The van der Waals surface area contributed by atoms with Crippen LogP contribution in [0.2, 0.25) is 0 Å². The molecule has 1 aromatic heterocycles. The Kier molecular flexibility index (Phi) is 6.30. The lowest BCUT2D eigenvalue weighted by Crippen LogP contribution is -2.47. The van der Waals surface area contributed by atoms with E-state index in [1.54, 1.807) is 6.21 Å². The minimum Gasteiger partial charge on any atom is -0.624 e. The second-order valence-electron chi connectivity index (χ2n) is 7.63. The third-order valence-corrected chi connectivity index (χ3v) is 5.42. The van der Waals surface area contributed by atoms with Crippen LogP contribution in [0.15, 0.2) is 72.9 Å². The van der Waals surface area contributed by atoms with Crippen LogP contribution in [-0.4, -0.2) is 42.1 Å². The van der Waals surface area contributed by atoms with Gasteiger partial charge in [-0.05, 0) is 24.3 Å². The van der Waals surface area contributed by atoms with Gasteiger partial charge in [0.1, 0.15) is 5.82 Å². The predicted octanol–water partition coefficient (Wildman–Crippen LogP) is 4.56. The zero-order chi connectivity index (χ0) is 22.6. The summed E-state index contributed by atoms with van der Waals surface area (Å²) in [7, 11) is 0. The van der Waals surface area contributed by atoms with E-state index in [0.717, 1.165) is 33.8 Å². The van der Waals surface area contributed by atoms with Crippen LogP contribution in [0.5, 0.6) is 0 Å². The largest absolute Gasteiger partial charge is 0.624 e. The fraction of sp³-hybridized carbons (Fsp3) is 0.250. The van der Waals surface area contributed by atoms with Crippen LogP contribution in [0.3, 0.4) is 0 Å². The summed E-state index contributed by atoms with van der Waals surface area (Å²) in [6, 6.07) is 19.8. The van der Waals surface area contributed by atoms with Crippen LogP contribution < -0.4 is 9.80 Å². The quantitative estimate of drug-likeness (QED) is 0.253. The fourth-order valence-corrected chi connectivity index (χ4v) is 3.77. The second kappa shape index (κ2) is 9.30. The van der Waals surface area contributed by atoms with Gasteiger partial charge in [0, 0.05) is 37.9 Å². The zero-order valence-electron chi connectivity index (χ0n) is 17.4. The number of alkyl halides is 3. The number of anilines is 2. The Morgan fingerprint density at radius 3 is 2.19 bits per heavy atom. The predicted molar refractivity (Wildman–Crippen MR) is 119 cm³/mol. The van der Waals surface area contributed by atoms with Crippen molar-refractivity contribution in [1.82, 2.24) is 4.98 Å². The van der Waals surface area contributed by atoms with E-state index >= 15 is 0 Å². The maximum atomic E-state index is 12.8. The monoisotopic (exact) mass is 440 g/mol. The number of hydrogen-bond acceptors (Lipinski definition) is 4. The highest BCUT2D eigenvalue weighted by Crippen LogP contribution is 2.30. The molecule has 0 amide bonds. The average molecular weight is 440 g/mol. The molecular formula is C24H23F3N4O. The molecule has 0 bridgehead atoms. The number of piperazine rings is 1. The average Bonchev–Trinajstić information content (AvgIpc) is 2.80. The number of halogens is 3. The van der Waals surface area contributed by atoms with Crippen molar-refractivity contribution in [3.05, 3.63) is 94.8 Å². The second-order valence-corrected chi connectivity index (χ2v) is 7.63. The molecule has 2 aromatic carbocycles. The maximum absolute atomic E-state index is 12.8. The highest BCUT2D eigenvalue weighted by molar-refractivity contribution is 5.85. The van der Waals surface area contributed by atoms with Crippen LogP contribution in [0.1, 0.15) is 16.7 Å². The summed E-state index contributed by atoms with van der Waals surface area (Å²) in [6.45, 7) is 2.86. The molecule has 0 unspecified atom stereocenters. The van der Waals surface area contributed by atoms with Crippen molar-refractivity contribution in [3.63, 3.8) is 0 Å². The van der Waals surface area contributed by atoms with Crippen LogP contribution in [0, 0.1) is 5.21 Å². The Balaban J connectivity index is 1.43. The van der Waals surface area contributed by atoms with E-state index < -0.39 is 11.7 Å². The molecule has 8 heteroatoms. The van der Waals surface area contributed by atoms with Gasteiger partial charge in [-0.2, -0.15) is 13.2 Å². The van der Waals surface area contributed by atoms with Crippen molar-refractivity contribution in [3.8, 4) is 0 Å². The van der Waals surface area contributed by atoms with Crippen LogP contribution in [-0.2, 0) is 12.7 Å². The lowest BCUT2D eigenvalue weighted by Gasteiger charge is -2.37. The van der Waals surface area contributed by atoms with Crippen molar-refractivity contribution >= 4 is 17.7 Å². The summed E-state index contributed by atoms with van der Waals surface area (Å²) in [4.78, 5) is 8.15. The number of benzene rings is 2. The number of hydrogen-bond donors (Lipinski definition) is 0. The van der Waals surface area contributed by atoms with Crippen molar-refractivity contribution < 1.29 is 17.9 Å². The van der Waals surface area contributed by atoms with Crippen molar-refractivity contribution in [2.24, 2.45) is 0 Å². The molecule has 1 fully saturated rings. The van der Waals surface area contributed by atoms with Crippen molar-refractivity contribution in [1.29, 1.82) is 0 Å². The molecular weight excluding hydrogens is 417 g/mol. The lowest BCUT2D eigenvalue weighted by atomic mass is 10.1. The number of para-hydroxylation sites is 1. The first-order chi connectivity index (χ1) is 15.4. The van der Waals surface area contributed by atoms with Gasteiger partial charge in [0.2, 0.25) is 0 Å². The molecule has 0 saturated carbocycles. The molecule has 1 saturated heterocycles. The molecule has 0 radical (unpaired) electrons. The summed E-state index contributed by atoms with van der Waals surface area (Å²) in [6.07, 6.45) is -1.91. The summed E-state index contributed by atoms with van der Waals surface area (Å²) >= 11 is 0. The molecule has 1 aliphatic heterocycles. The molecule has 3 aromatic rings. The lowest BCUT2D eigenvalue weighted by molar-refractivity contribution is -0.469. The molecule has 0 N–H and O–H groups in total. The Morgan fingerprint density at radius 2 is 1.53 bits per heavy atom. The summed E-state index contributed by atoms with van der Waals surface area (Å²) in [5.41, 5.74) is 1.98. The van der Waals surface area contributed by atoms with Crippen molar-refractivity contribution in [2.75, 3.05) is 36.0 Å². The Bertz CT molecular complexity index is 1060. The smallest absolute Gasteiger partial charge is 0.417 e. The van der Waals surface area contributed by atoms with Crippen LogP contribution in [0.25, 0.3) is 0 Å². The van der Waals surface area contributed by atoms with Gasteiger partial charge in [-0.3, -0.25) is 0 Å². The van der Waals surface area contributed by atoms with E-state index in [9.17, 15) is 18.4 Å². The fourth-order valence-electron chi connectivity index (χ4n) is 3.77. The first-order valence-corrected chi connectivity index (χ1v) is 10.3. The standard InChI is InChI=1S/C24H23F3N4O/c25-24(26,27)21-10-11-23(28-16-21)30-14-12-29(13-15-30)22-9-5-4-8-20(22)18-31(32)17-19-6-2-1-3-7-19/h1-11,16,18H,12-15,17H2/b31-18+. The van der Waals surface area contributed by atoms with Crippen molar-refractivity contribution in [2.45, 2.75) is 12.7 Å². The normalized spacial score (nSPS) is 15.2. The van der Waals surface area contributed by atoms with E-state index in [4.69, 9.17) is 0 Å². The van der Waals surface area contributed by atoms with Crippen LogP contribution >= 0.6 is 0 Å². The van der Waals surface area contributed by atoms with E-state index in [0.29, 0.717) is 32.0 Å². The molecule has 0 aliphatic carbocycles. The third kappa shape index (κ3) is 5.19. The number of pyridine rings is 1. The summed E-state index contributed by atoms with van der Waals surface area (Å²) < 4.78 is 39.2. The number of nitrogens with zero attached hydrogens (tertiary/aromatic N) is 4. The number of aromatic nitrogens is 1. The molecule has 5 nitrogen and oxygen atoms in total. The highest BCUT2D eigenvalue weighted by atomic mass is 19.4. The van der Waals surface area contributed by atoms with E-state index in [2.05, 4.69) is 9.88 Å². The Labute approximate surface area is 184 Å². The zero-order valence-corrected chi connectivity index (χ0v) is 17.4. The number of hydroxylamine groups is 1. The maximum Gasteiger partial charge on any atom is 0.417 e. The first kappa shape index (κ1) is 21.7. The van der Waals surface area contributed by atoms with Gasteiger partial charge in [0.05, 0.1) is 16.8 Å². The molecule has 0 spiro atoms. The molecule has 0 atom stereocenters. The van der Waals surface area contributed by atoms with Gasteiger partial charge in [-0.1, -0.05) is 42.5 Å². The van der Waals surface area contributed by atoms with Gasteiger partial charge in [-0.25, -0.2) is 9.72 Å². The molecule has 1 aliphatic rings. The SMILES string of the molecule is [O-]/[N+](=C/c1ccccc1N1CCN(c2ccc(C(F)(F)F)cn2)CC1)Cc1ccccc1. The first-order valence-electron chi connectivity index (χ1n) is 10.3. The summed E-state index contributed by atoms with van der Waals surface area (Å²) in [5.74, 6) is 0.533. The minimum absolute atomic E-state index is 0.266. The minimum atomic E-state index is -4.39. The van der Waals surface area contributed by atoms with E-state index in [1.165, 1.54) is 6.07 Å². The molecule has 166 valence electrons. The Hall–Kier alpha value is -3.55. The highest BCUT2D eigenvalue weighted by Gasteiger charge is 2.31. The summed E-state index contributed by atoms with van der Waals surface area (Å²) in [5, 5.41) is 12.5. The number of rotatable bonds is 5. The van der Waals surface area contributed by atoms with E-state index in [1.807, 2.05) is 59.5 Å².